The maximum absolute atomic E-state index is 11.2. The van der Waals surface area contributed by atoms with Gasteiger partial charge in [-0.15, -0.1) is 0 Å². The van der Waals surface area contributed by atoms with Crippen LogP contribution in [-0.4, -0.2) is 51.5 Å². The summed E-state index contributed by atoms with van der Waals surface area (Å²) >= 11 is 0. The molecule has 2 N–H and O–H groups in total. The van der Waals surface area contributed by atoms with Crippen LogP contribution in [-0.2, 0) is 14.3 Å². The third kappa shape index (κ3) is 4.04. The lowest BCUT2D eigenvalue weighted by molar-refractivity contribution is -0.141. The molecule has 14 heavy (non-hydrogen) atoms. The van der Waals surface area contributed by atoms with Crippen LogP contribution in [0.3, 0.4) is 0 Å². The van der Waals surface area contributed by atoms with Gasteiger partial charge in [0, 0.05) is 27.2 Å². The molecule has 1 amide bonds. The first-order chi connectivity index (χ1) is 6.77. The topological polar surface area (TPSA) is 64.8 Å². The van der Waals surface area contributed by atoms with Crippen LogP contribution in [0, 0.1) is 0 Å². The number of likely N-dealkylation sites (tertiary alicyclic amines) is 1. The van der Waals surface area contributed by atoms with Crippen molar-refractivity contribution in [3.8, 4) is 0 Å². The van der Waals surface area contributed by atoms with E-state index in [1.54, 1.807) is 19.1 Å². The molecular weight excluding hydrogens is 184 g/mol. The Bertz CT molecular complexity index is 160. The van der Waals surface area contributed by atoms with Crippen LogP contribution in [0.2, 0.25) is 0 Å². The fraction of sp³-hybridized carbons (Fsp3) is 0.889. The molecule has 1 fully saturated rings. The molecule has 1 aliphatic rings. The Labute approximate surface area is 85.1 Å². The Balaban J connectivity index is 0.000000791. The number of hydrogen-bond acceptors (Lipinski definition) is 4. The van der Waals surface area contributed by atoms with Gasteiger partial charge >= 0.3 is 0 Å². The molecule has 5 heteroatoms. The number of ether oxygens (including phenoxy) is 2. The van der Waals surface area contributed by atoms with E-state index in [9.17, 15) is 4.79 Å². The zero-order valence-corrected chi connectivity index (χ0v) is 9.16. The summed E-state index contributed by atoms with van der Waals surface area (Å²) in [7, 11) is 4.66. The van der Waals surface area contributed by atoms with Gasteiger partial charge in [-0.25, -0.2) is 0 Å². The molecule has 1 saturated heterocycles. The number of rotatable bonds is 4. The van der Waals surface area contributed by atoms with Crippen molar-refractivity contribution >= 4 is 5.91 Å². The van der Waals surface area contributed by atoms with E-state index in [2.05, 4.69) is 5.73 Å². The zero-order chi connectivity index (χ0) is 11.0. The standard InChI is InChI=1S/C8H15NO3.CH5N/c1-11-8(12-2)6-9-5-3-4-7(9)10;1-2/h8H,3-6H2,1-2H3;2H2,1H3. The van der Waals surface area contributed by atoms with Gasteiger partial charge in [0.25, 0.3) is 0 Å². The van der Waals surface area contributed by atoms with E-state index in [-0.39, 0.29) is 12.2 Å². The molecule has 0 aromatic carbocycles. The average Bonchev–Trinajstić information content (AvgIpc) is 2.63. The van der Waals surface area contributed by atoms with E-state index in [1.807, 2.05) is 0 Å². The second kappa shape index (κ2) is 7.73. The fourth-order valence-corrected chi connectivity index (χ4v) is 1.32. The molecule has 0 radical (unpaired) electrons. The molecule has 0 bridgehead atoms. The van der Waals surface area contributed by atoms with Gasteiger partial charge < -0.3 is 20.1 Å². The Kier molecular flexibility index (Phi) is 7.37. The highest BCUT2D eigenvalue weighted by molar-refractivity contribution is 5.78. The molecule has 0 aromatic heterocycles. The van der Waals surface area contributed by atoms with Gasteiger partial charge in [0.1, 0.15) is 0 Å². The van der Waals surface area contributed by atoms with Crippen LogP contribution in [0.15, 0.2) is 0 Å². The molecule has 5 nitrogen and oxygen atoms in total. The molecule has 1 aliphatic heterocycles. The number of carbonyl (C=O) groups excluding carboxylic acids is 1. The molecule has 84 valence electrons. The predicted molar refractivity (Wildman–Crippen MR) is 53.7 cm³/mol. The molecule has 0 atom stereocenters. The minimum atomic E-state index is -0.285. The fourth-order valence-electron chi connectivity index (χ4n) is 1.32. The second-order valence-corrected chi connectivity index (χ2v) is 2.84. The summed E-state index contributed by atoms with van der Waals surface area (Å²) in [4.78, 5) is 12.9. The third-order valence-electron chi connectivity index (χ3n) is 2.07. The SMILES string of the molecule is CN.COC(CN1CCCC1=O)OC. The molecule has 0 saturated carbocycles. The molecule has 1 heterocycles. The summed E-state index contributed by atoms with van der Waals surface area (Å²) in [6.45, 7) is 1.38. The van der Waals surface area contributed by atoms with E-state index in [0.717, 1.165) is 13.0 Å². The van der Waals surface area contributed by atoms with Crippen molar-refractivity contribution in [2.45, 2.75) is 19.1 Å². The van der Waals surface area contributed by atoms with Crippen LogP contribution < -0.4 is 5.73 Å². The van der Waals surface area contributed by atoms with E-state index in [1.165, 1.54) is 7.05 Å². The highest BCUT2D eigenvalue weighted by Crippen LogP contribution is 2.10. The summed E-state index contributed by atoms with van der Waals surface area (Å²) < 4.78 is 9.99. The number of amides is 1. The van der Waals surface area contributed by atoms with E-state index in [4.69, 9.17) is 9.47 Å². The Hall–Kier alpha value is -0.650. The average molecular weight is 204 g/mol. The maximum Gasteiger partial charge on any atom is 0.222 e. The smallest absolute Gasteiger partial charge is 0.222 e. The first kappa shape index (κ1) is 13.4. The van der Waals surface area contributed by atoms with Crippen molar-refractivity contribution in [2.75, 3.05) is 34.4 Å². The van der Waals surface area contributed by atoms with Gasteiger partial charge in [0.15, 0.2) is 6.29 Å². The third-order valence-corrected chi connectivity index (χ3v) is 2.07. The zero-order valence-electron chi connectivity index (χ0n) is 9.16. The van der Waals surface area contributed by atoms with Crippen LogP contribution in [0.5, 0.6) is 0 Å². The van der Waals surface area contributed by atoms with Crippen molar-refractivity contribution in [2.24, 2.45) is 5.73 Å². The minimum absolute atomic E-state index is 0.203. The Morgan fingerprint density at radius 1 is 1.43 bits per heavy atom. The normalized spacial score (nSPS) is 15.8. The van der Waals surface area contributed by atoms with Gasteiger partial charge in [-0.1, -0.05) is 0 Å². The van der Waals surface area contributed by atoms with Gasteiger partial charge in [-0.05, 0) is 13.5 Å². The Morgan fingerprint density at radius 3 is 2.36 bits per heavy atom. The molecule has 0 unspecified atom stereocenters. The maximum atomic E-state index is 11.2. The van der Waals surface area contributed by atoms with Crippen LogP contribution in [0.4, 0.5) is 0 Å². The van der Waals surface area contributed by atoms with E-state index in [0.29, 0.717) is 13.0 Å². The van der Waals surface area contributed by atoms with Crippen molar-refractivity contribution in [1.29, 1.82) is 0 Å². The number of nitrogens with two attached hydrogens (primary N) is 1. The van der Waals surface area contributed by atoms with Crippen molar-refractivity contribution < 1.29 is 14.3 Å². The van der Waals surface area contributed by atoms with Gasteiger partial charge in [0.2, 0.25) is 5.91 Å². The second-order valence-electron chi connectivity index (χ2n) is 2.84. The van der Waals surface area contributed by atoms with Gasteiger partial charge in [0.05, 0.1) is 6.54 Å². The summed E-state index contributed by atoms with van der Waals surface area (Å²) in [5.41, 5.74) is 4.50. The molecule has 0 spiro atoms. The van der Waals surface area contributed by atoms with Crippen molar-refractivity contribution in [3.05, 3.63) is 0 Å². The lowest BCUT2D eigenvalue weighted by Gasteiger charge is -2.21. The number of methoxy groups -OCH3 is 2. The quantitative estimate of drug-likeness (QED) is 0.644. The van der Waals surface area contributed by atoms with Crippen molar-refractivity contribution in [1.82, 2.24) is 4.90 Å². The molecule has 1 rings (SSSR count). The van der Waals surface area contributed by atoms with Crippen LogP contribution >= 0.6 is 0 Å². The predicted octanol–water partition coefficient (Wildman–Crippen LogP) is -0.197. The lowest BCUT2D eigenvalue weighted by atomic mass is 10.4. The summed E-state index contributed by atoms with van der Waals surface area (Å²) in [6.07, 6.45) is 1.34. The van der Waals surface area contributed by atoms with Crippen molar-refractivity contribution in [3.63, 3.8) is 0 Å². The number of carbonyl (C=O) groups is 1. The number of hydrogen-bond donors (Lipinski definition) is 1. The monoisotopic (exact) mass is 204 g/mol. The Morgan fingerprint density at radius 2 is 2.00 bits per heavy atom. The summed E-state index contributed by atoms with van der Waals surface area (Å²) in [5.74, 6) is 0.203. The highest BCUT2D eigenvalue weighted by Gasteiger charge is 2.22. The lowest BCUT2D eigenvalue weighted by Crippen LogP contribution is -2.35. The highest BCUT2D eigenvalue weighted by atomic mass is 16.7. The van der Waals surface area contributed by atoms with E-state index < -0.39 is 0 Å². The molecule has 0 aliphatic carbocycles. The molecular formula is C9H20N2O3. The van der Waals surface area contributed by atoms with Gasteiger partial charge in [-0.3, -0.25) is 4.79 Å². The molecule has 0 aromatic rings. The first-order valence-electron chi connectivity index (χ1n) is 4.69. The van der Waals surface area contributed by atoms with E-state index >= 15 is 0 Å². The van der Waals surface area contributed by atoms with Crippen LogP contribution in [0.1, 0.15) is 12.8 Å². The van der Waals surface area contributed by atoms with Gasteiger partial charge in [-0.2, -0.15) is 0 Å². The number of nitrogens with zero attached hydrogens (tertiary/aromatic N) is 1. The largest absolute Gasteiger partial charge is 0.354 e. The van der Waals surface area contributed by atoms with Crippen LogP contribution in [0.25, 0.3) is 0 Å². The summed E-state index contributed by atoms with van der Waals surface area (Å²) in [6, 6.07) is 0. The minimum Gasteiger partial charge on any atom is -0.354 e. The summed E-state index contributed by atoms with van der Waals surface area (Å²) in [5, 5.41) is 0. The first-order valence-corrected chi connectivity index (χ1v) is 4.69.